The normalized spacial score (nSPS) is 15.5. The Morgan fingerprint density at radius 3 is 2.58 bits per heavy atom. The van der Waals surface area contributed by atoms with Crippen molar-refractivity contribution in [3.63, 3.8) is 0 Å². The molecule has 2 amide bonds. The number of carbonyl (C=O) groups is 2. The lowest BCUT2D eigenvalue weighted by Crippen LogP contribution is -2.47. The van der Waals surface area contributed by atoms with Gasteiger partial charge in [0.05, 0.1) is 5.92 Å². The van der Waals surface area contributed by atoms with E-state index < -0.39 is 0 Å². The maximum absolute atomic E-state index is 13.1. The number of benzene rings is 1. The average Bonchev–Trinajstić information content (AvgIpc) is 3.29. The summed E-state index contributed by atoms with van der Waals surface area (Å²) in [4.78, 5) is 36.3. The maximum atomic E-state index is 13.1. The van der Waals surface area contributed by atoms with E-state index in [9.17, 15) is 9.59 Å². The van der Waals surface area contributed by atoms with Gasteiger partial charge in [0.1, 0.15) is 6.33 Å². The number of aromatic nitrogens is 4. The summed E-state index contributed by atoms with van der Waals surface area (Å²) in [5, 5.41) is 7.37. The lowest BCUT2D eigenvalue weighted by Gasteiger charge is -2.34. The van der Waals surface area contributed by atoms with Crippen molar-refractivity contribution in [1.29, 1.82) is 0 Å². The van der Waals surface area contributed by atoms with Crippen molar-refractivity contribution >= 4 is 17.6 Å². The third-order valence-corrected chi connectivity index (χ3v) is 6.67. The Morgan fingerprint density at radius 2 is 1.88 bits per heavy atom. The summed E-state index contributed by atoms with van der Waals surface area (Å²) in [5.74, 6) is 0.709. The lowest BCUT2D eigenvalue weighted by atomic mass is 9.93. The first-order valence-electron chi connectivity index (χ1n) is 11.8. The Labute approximate surface area is 194 Å². The second-order valence-corrected chi connectivity index (χ2v) is 8.77. The summed E-state index contributed by atoms with van der Waals surface area (Å²) in [7, 11) is 0. The Morgan fingerprint density at radius 1 is 1.15 bits per heavy atom. The van der Waals surface area contributed by atoms with Crippen molar-refractivity contribution in [3.05, 3.63) is 59.2 Å². The molecule has 1 aliphatic rings. The van der Waals surface area contributed by atoms with E-state index in [1.165, 1.54) is 6.33 Å². The van der Waals surface area contributed by atoms with Crippen LogP contribution in [0.3, 0.4) is 0 Å². The molecule has 0 saturated carbocycles. The Hall–Kier alpha value is -3.29. The van der Waals surface area contributed by atoms with E-state index in [2.05, 4.69) is 27.3 Å². The molecule has 1 aliphatic heterocycles. The van der Waals surface area contributed by atoms with Crippen molar-refractivity contribution in [3.8, 4) is 0 Å². The number of hydrogen-bond acceptors (Lipinski definition) is 5. The number of nitrogens with one attached hydrogen (secondary N) is 1. The summed E-state index contributed by atoms with van der Waals surface area (Å²) in [5.41, 5.74) is 3.97. The molecule has 1 unspecified atom stereocenters. The Kier molecular flexibility index (Phi) is 7.01. The van der Waals surface area contributed by atoms with Gasteiger partial charge in [-0.15, -0.1) is 0 Å². The molecule has 0 aliphatic carbocycles. The molecule has 1 atom stereocenters. The van der Waals surface area contributed by atoms with Crippen LogP contribution in [0.2, 0.25) is 0 Å². The predicted molar refractivity (Wildman–Crippen MR) is 126 cm³/mol. The van der Waals surface area contributed by atoms with Crippen LogP contribution in [0.1, 0.15) is 61.0 Å². The minimum absolute atomic E-state index is 0.0352. The van der Waals surface area contributed by atoms with Gasteiger partial charge in [0.25, 0.3) is 5.78 Å². The smallest absolute Gasteiger partial charge is 0.252 e. The van der Waals surface area contributed by atoms with E-state index in [0.717, 1.165) is 41.8 Å². The highest BCUT2D eigenvalue weighted by Gasteiger charge is 2.28. The molecule has 174 valence electrons. The first-order chi connectivity index (χ1) is 16.0. The fourth-order valence-corrected chi connectivity index (χ4v) is 4.76. The van der Waals surface area contributed by atoms with Crippen LogP contribution in [0.5, 0.6) is 0 Å². The van der Waals surface area contributed by atoms with E-state index in [-0.39, 0.29) is 23.8 Å². The molecule has 0 radical (unpaired) electrons. The van der Waals surface area contributed by atoms with Crippen LogP contribution in [0.4, 0.5) is 0 Å². The Balaban J connectivity index is 1.28. The standard InChI is InChI=1S/C25H32N6O2/c1-4-21(19-8-6-5-7-9-19)24(33)30-14-12-20(13-15-30)29-23(32)11-10-22-17(2)28-25-26-16-27-31(25)18(22)3/h5-9,16,20-21H,4,10-15H2,1-3H3,(H,29,32). The van der Waals surface area contributed by atoms with Gasteiger partial charge < -0.3 is 10.2 Å². The fourth-order valence-electron chi connectivity index (χ4n) is 4.76. The largest absolute Gasteiger partial charge is 0.353 e. The zero-order valence-electron chi connectivity index (χ0n) is 19.6. The number of amides is 2. The fraction of sp³-hybridized carbons (Fsp3) is 0.480. The molecule has 3 aromatic rings. The molecule has 1 saturated heterocycles. The zero-order valence-corrected chi connectivity index (χ0v) is 19.6. The lowest BCUT2D eigenvalue weighted by molar-refractivity contribution is -0.134. The summed E-state index contributed by atoms with van der Waals surface area (Å²) in [6.07, 6.45) is 4.85. The molecular weight excluding hydrogens is 416 g/mol. The molecule has 3 heterocycles. The van der Waals surface area contributed by atoms with Crippen molar-refractivity contribution < 1.29 is 9.59 Å². The highest BCUT2D eigenvalue weighted by molar-refractivity contribution is 5.84. The number of likely N-dealkylation sites (tertiary alicyclic amines) is 1. The quantitative estimate of drug-likeness (QED) is 0.600. The minimum atomic E-state index is -0.0974. The number of rotatable bonds is 7. The molecular formula is C25H32N6O2. The van der Waals surface area contributed by atoms with Crippen molar-refractivity contribution in [2.45, 2.75) is 64.8 Å². The molecule has 2 aromatic heterocycles. The molecule has 4 rings (SSSR count). The average molecular weight is 449 g/mol. The van der Waals surface area contributed by atoms with Crippen LogP contribution in [-0.4, -0.2) is 55.4 Å². The second-order valence-electron chi connectivity index (χ2n) is 8.77. The molecule has 0 spiro atoms. The number of nitrogens with zero attached hydrogens (tertiary/aromatic N) is 5. The summed E-state index contributed by atoms with van der Waals surface area (Å²) < 4.78 is 1.71. The van der Waals surface area contributed by atoms with Gasteiger partial charge in [-0.1, -0.05) is 37.3 Å². The highest BCUT2D eigenvalue weighted by Crippen LogP contribution is 2.24. The molecule has 33 heavy (non-hydrogen) atoms. The molecule has 1 N–H and O–H groups in total. The third-order valence-electron chi connectivity index (χ3n) is 6.67. The van der Waals surface area contributed by atoms with Crippen molar-refractivity contribution in [2.75, 3.05) is 13.1 Å². The molecule has 8 heteroatoms. The molecule has 1 aromatic carbocycles. The number of aryl methyl sites for hydroxylation is 2. The molecule has 0 bridgehead atoms. The zero-order chi connectivity index (χ0) is 23.4. The van der Waals surface area contributed by atoms with Crippen molar-refractivity contribution in [2.24, 2.45) is 0 Å². The number of carbonyl (C=O) groups excluding carboxylic acids is 2. The van der Waals surface area contributed by atoms with Gasteiger partial charge >= 0.3 is 0 Å². The van der Waals surface area contributed by atoms with Gasteiger partial charge in [-0.05, 0) is 50.7 Å². The number of hydrogen-bond donors (Lipinski definition) is 1. The van der Waals surface area contributed by atoms with Crippen LogP contribution in [0.15, 0.2) is 36.7 Å². The maximum Gasteiger partial charge on any atom is 0.252 e. The van der Waals surface area contributed by atoms with Crippen LogP contribution in [0.25, 0.3) is 5.78 Å². The van der Waals surface area contributed by atoms with Crippen molar-refractivity contribution in [1.82, 2.24) is 29.8 Å². The van der Waals surface area contributed by atoms with Gasteiger partial charge in [0, 0.05) is 36.9 Å². The van der Waals surface area contributed by atoms with E-state index >= 15 is 0 Å². The summed E-state index contributed by atoms with van der Waals surface area (Å²) in [6, 6.07) is 10.1. The van der Waals surface area contributed by atoms with Crippen LogP contribution in [0, 0.1) is 13.8 Å². The van der Waals surface area contributed by atoms with Gasteiger partial charge in [0.15, 0.2) is 0 Å². The van der Waals surface area contributed by atoms with Gasteiger partial charge in [0.2, 0.25) is 11.8 Å². The van der Waals surface area contributed by atoms with Gasteiger partial charge in [-0.3, -0.25) is 9.59 Å². The number of piperidine rings is 1. The van der Waals surface area contributed by atoms with Gasteiger partial charge in [-0.2, -0.15) is 10.1 Å². The topological polar surface area (TPSA) is 92.5 Å². The van der Waals surface area contributed by atoms with E-state index in [4.69, 9.17) is 0 Å². The monoisotopic (exact) mass is 448 g/mol. The Bertz CT molecular complexity index is 1120. The van der Waals surface area contributed by atoms with Crippen LogP contribution < -0.4 is 5.32 Å². The minimum Gasteiger partial charge on any atom is -0.353 e. The first kappa shape index (κ1) is 22.9. The predicted octanol–water partition coefficient (Wildman–Crippen LogP) is 2.97. The van der Waals surface area contributed by atoms with E-state index in [1.807, 2.05) is 49.1 Å². The van der Waals surface area contributed by atoms with Crippen LogP contribution >= 0.6 is 0 Å². The second kappa shape index (κ2) is 10.1. The van der Waals surface area contributed by atoms with Crippen LogP contribution in [-0.2, 0) is 16.0 Å². The number of fused-ring (bicyclic) bond motifs is 1. The SMILES string of the molecule is CCC(C(=O)N1CCC(NC(=O)CCc2c(C)nc3ncnn3c2C)CC1)c1ccccc1. The van der Waals surface area contributed by atoms with E-state index in [1.54, 1.807) is 4.52 Å². The summed E-state index contributed by atoms with van der Waals surface area (Å²) in [6.45, 7) is 7.34. The van der Waals surface area contributed by atoms with E-state index in [0.29, 0.717) is 31.7 Å². The van der Waals surface area contributed by atoms with Gasteiger partial charge in [-0.25, -0.2) is 9.50 Å². The first-order valence-corrected chi connectivity index (χ1v) is 11.8. The highest BCUT2D eigenvalue weighted by atomic mass is 16.2. The summed E-state index contributed by atoms with van der Waals surface area (Å²) >= 11 is 0. The molecule has 1 fully saturated rings. The third kappa shape index (κ3) is 5.05. The molecule has 8 nitrogen and oxygen atoms in total.